The average Bonchev–Trinajstić information content (AvgIpc) is 2.32. The Labute approximate surface area is 105 Å². The van der Waals surface area contributed by atoms with Crippen LogP contribution in [0.2, 0.25) is 0 Å². The molecule has 0 unspecified atom stereocenters. The van der Waals surface area contributed by atoms with Gasteiger partial charge in [0.05, 0.1) is 7.11 Å². The number of benzene rings is 1. The average molecular weight is 329 g/mol. The number of pyridine rings is 1. The van der Waals surface area contributed by atoms with Crippen molar-refractivity contribution in [2.75, 3.05) is 7.11 Å². The molecule has 0 amide bonds. The number of esters is 1. The molecule has 0 aliphatic carbocycles. The molecule has 0 atom stereocenters. The van der Waals surface area contributed by atoms with Crippen molar-refractivity contribution in [3.8, 4) is 5.75 Å². The predicted molar refractivity (Wildman–Crippen MR) is 67.5 cm³/mol. The van der Waals surface area contributed by atoms with Crippen molar-refractivity contribution in [2.45, 2.75) is 0 Å². The van der Waals surface area contributed by atoms with Crippen molar-refractivity contribution in [1.82, 2.24) is 4.98 Å². The number of nitrogens with zero attached hydrogens (tertiary/aromatic N) is 1. The number of ether oxygens (including phenoxy) is 1. The Hall–Kier alpha value is -1.37. The molecule has 2 aromatic rings. The first-order valence-electron chi connectivity index (χ1n) is 4.50. The van der Waals surface area contributed by atoms with Crippen LogP contribution in [0.15, 0.2) is 24.3 Å². The minimum absolute atomic E-state index is 0.0566. The van der Waals surface area contributed by atoms with E-state index in [-0.39, 0.29) is 11.4 Å². The van der Waals surface area contributed by atoms with Crippen LogP contribution in [-0.4, -0.2) is 23.2 Å². The van der Waals surface area contributed by atoms with Gasteiger partial charge in [0.15, 0.2) is 0 Å². The van der Waals surface area contributed by atoms with Crippen molar-refractivity contribution in [1.29, 1.82) is 0 Å². The predicted octanol–water partition coefficient (Wildman–Crippen LogP) is 2.33. The van der Waals surface area contributed by atoms with E-state index in [0.717, 1.165) is 8.96 Å². The smallest absolute Gasteiger partial charge is 0.356 e. The second kappa shape index (κ2) is 4.25. The molecule has 0 radical (unpaired) electrons. The van der Waals surface area contributed by atoms with Crippen LogP contribution in [0, 0.1) is 3.57 Å². The summed E-state index contributed by atoms with van der Waals surface area (Å²) in [5, 5.41) is 10.5. The molecule has 0 aliphatic heterocycles. The molecule has 0 fully saturated rings. The Morgan fingerprint density at radius 1 is 1.38 bits per heavy atom. The topological polar surface area (TPSA) is 59.4 Å². The van der Waals surface area contributed by atoms with Crippen LogP contribution in [0.3, 0.4) is 0 Å². The van der Waals surface area contributed by atoms with Gasteiger partial charge >= 0.3 is 5.97 Å². The maximum atomic E-state index is 11.3. The van der Waals surface area contributed by atoms with Crippen LogP contribution >= 0.6 is 22.6 Å². The second-order valence-corrected chi connectivity index (χ2v) is 4.31. The Bertz CT molecular complexity index is 568. The van der Waals surface area contributed by atoms with E-state index in [1.807, 2.05) is 0 Å². The molecule has 0 saturated carbocycles. The minimum atomic E-state index is -0.514. The van der Waals surface area contributed by atoms with Crippen LogP contribution in [0.25, 0.3) is 10.9 Å². The molecule has 1 heterocycles. The highest BCUT2D eigenvalue weighted by Gasteiger charge is 2.11. The summed E-state index contributed by atoms with van der Waals surface area (Å²) in [7, 11) is 1.29. The number of carbonyl (C=O) groups excluding carboxylic acids is 1. The van der Waals surface area contributed by atoms with Gasteiger partial charge in [0, 0.05) is 8.96 Å². The highest BCUT2D eigenvalue weighted by Crippen LogP contribution is 2.27. The third-order valence-corrected chi connectivity index (χ3v) is 3.12. The Balaban J connectivity index is 2.70. The molecule has 0 saturated heterocycles. The Kier molecular flexibility index (Phi) is 2.95. The van der Waals surface area contributed by atoms with Gasteiger partial charge in [-0.05, 0) is 46.9 Å². The first-order chi connectivity index (χ1) is 7.63. The van der Waals surface area contributed by atoms with Crippen molar-refractivity contribution >= 4 is 39.5 Å². The number of aromatic hydroxyl groups is 1. The third kappa shape index (κ3) is 1.82. The van der Waals surface area contributed by atoms with Crippen LogP contribution in [0.1, 0.15) is 10.5 Å². The molecular formula is C11H8INO3. The summed E-state index contributed by atoms with van der Waals surface area (Å²) in [4.78, 5) is 15.4. The fraction of sp³-hybridized carbons (Fsp3) is 0.0909. The third-order valence-electron chi connectivity index (χ3n) is 2.18. The number of fused-ring (bicyclic) bond motifs is 1. The zero-order valence-electron chi connectivity index (χ0n) is 8.40. The van der Waals surface area contributed by atoms with Gasteiger partial charge in [-0.2, -0.15) is 0 Å². The first kappa shape index (κ1) is 11.1. The van der Waals surface area contributed by atoms with Crippen molar-refractivity contribution in [3.05, 3.63) is 33.5 Å². The number of carbonyl (C=O) groups is 1. The molecule has 0 spiro atoms. The summed E-state index contributed by atoms with van der Waals surface area (Å²) in [6.45, 7) is 0. The first-order valence-corrected chi connectivity index (χ1v) is 5.58. The summed E-state index contributed by atoms with van der Waals surface area (Å²) in [5.74, 6) is -0.457. The number of methoxy groups -OCH3 is 1. The van der Waals surface area contributed by atoms with Crippen LogP contribution in [-0.2, 0) is 4.74 Å². The van der Waals surface area contributed by atoms with Crippen LogP contribution in [0.5, 0.6) is 5.75 Å². The molecule has 2 rings (SSSR count). The van der Waals surface area contributed by atoms with Gasteiger partial charge in [-0.3, -0.25) is 0 Å². The lowest BCUT2D eigenvalue weighted by Crippen LogP contribution is -2.04. The number of hydrogen-bond acceptors (Lipinski definition) is 4. The number of halogens is 1. The molecule has 16 heavy (non-hydrogen) atoms. The summed E-state index contributed by atoms with van der Waals surface area (Å²) >= 11 is 2.15. The van der Waals surface area contributed by atoms with E-state index in [0.29, 0.717) is 5.52 Å². The van der Waals surface area contributed by atoms with E-state index in [1.54, 1.807) is 24.3 Å². The van der Waals surface area contributed by atoms with Gasteiger partial charge in [-0.25, -0.2) is 9.78 Å². The Morgan fingerprint density at radius 2 is 2.12 bits per heavy atom. The highest BCUT2D eigenvalue weighted by molar-refractivity contribution is 14.1. The zero-order chi connectivity index (χ0) is 11.7. The van der Waals surface area contributed by atoms with E-state index >= 15 is 0 Å². The number of phenols is 1. The van der Waals surface area contributed by atoms with Crippen molar-refractivity contribution < 1.29 is 14.6 Å². The van der Waals surface area contributed by atoms with Gasteiger partial charge in [0.2, 0.25) is 0 Å². The summed E-state index contributed by atoms with van der Waals surface area (Å²) in [6.07, 6.45) is 0. The van der Waals surface area contributed by atoms with Gasteiger partial charge in [0.25, 0.3) is 0 Å². The molecule has 4 nitrogen and oxygen atoms in total. The standard InChI is InChI=1S/C11H8INO3/c1-16-11(15)8-4-2-6-7(12)3-5-9(14)10(6)13-8/h2-5,14H,1H3. The van der Waals surface area contributed by atoms with E-state index in [1.165, 1.54) is 7.11 Å². The maximum Gasteiger partial charge on any atom is 0.356 e. The molecule has 0 bridgehead atoms. The molecular weight excluding hydrogens is 321 g/mol. The normalized spacial score (nSPS) is 10.4. The molecule has 1 aromatic carbocycles. The van der Waals surface area contributed by atoms with Gasteiger partial charge in [0.1, 0.15) is 17.0 Å². The lowest BCUT2D eigenvalue weighted by Gasteiger charge is -2.04. The summed E-state index contributed by atoms with van der Waals surface area (Å²) in [6, 6.07) is 6.67. The van der Waals surface area contributed by atoms with E-state index in [4.69, 9.17) is 0 Å². The quantitative estimate of drug-likeness (QED) is 0.644. The van der Waals surface area contributed by atoms with E-state index in [2.05, 4.69) is 32.3 Å². The van der Waals surface area contributed by atoms with Crippen molar-refractivity contribution in [2.24, 2.45) is 0 Å². The lowest BCUT2D eigenvalue weighted by molar-refractivity contribution is 0.0594. The lowest BCUT2D eigenvalue weighted by atomic mass is 10.2. The second-order valence-electron chi connectivity index (χ2n) is 3.15. The van der Waals surface area contributed by atoms with E-state index in [9.17, 15) is 9.90 Å². The Morgan fingerprint density at radius 3 is 2.81 bits per heavy atom. The molecule has 5 heteroatoms. The van der Waals surface area contributed by atoms with Crippen LogP contribution in [0.4, 0.5) is 0 Å². The van der Waals surface area contributed by atoms with Crippen LogP contribution < -0.4 is 0 Å². The van der Waals surface area contributed by atoms with Gasteiger partial charge < -0.3 is 9.84 Å². The SMILES string of the molecule is COC(=O)c1ccc2c(I)ccc(O)c2n1. The number of phenolic OH excluding ortho intramolecular Hbond substituents is 1. The number of rotatable bonds is 1. The van der Waals surface area contributed by atoms with Gasteiger partial charge in [-0.1, -0.05) is 0 Å². The molecule has 1 aromatic heterocycles. The summed E-state index contributed by atoms with van der Waals surface area (Å²) in [5.41, 5.74) is 0.599. The van der Waals surface area contributed by atoms with Crippen molar-refractivity contribution in [3.63, 3.8) is 0 Å². The highest BCUT2D eigenvalue weighted by atomic mass is 127. The maximum absolute atomic E-state index is 11.3. The fourth-order valence-electron chi connectivity index (χ4n) is 1.39. The fourth-order valence-corrected chi connectivity index (χ4v) is 2.00. The number of hydrogen-bond donors (Lipinski definition) is 1. The largest absolute Gasteiger partial charge is 0.506 e. The zero-order valence-corrected chi connectivity index (χ0v) is 10.6. The van der Waals surface area contributed by atoms with Gasteiger partial charge in [-0.15, -0.1) is 0 Å². The number of aromatic nitrogens is 1. The monoisotopic (exact) mass is 329 g/mol. The molecule has 82 valence electrons. The molecule has 0 aliphatic rings. The van der Waals surface area contributed by atoms with E-state index < -0.39 is 5.97 Å². The minimum Gasteiger partial charge on any atom is -0.506 e. The summed E-state index contributed by atoms with van der Waals surface area (Å²) < 4.78 is 5.54. The molecule has 1 N–H and O–H groups in total.